The second kappa shape index (κ2) is 9.44. The minimum atomic E-state index is -0.0635. The van der Waals surface area contributed by atoms with Gasteiger partial charge in [0.2, 0.25) is 0 Å². The maximum Gasteiger partial charge on any atom is 0.172 e. The SMILES string of the molecule is COc1c(-c2ccc(O)cc2)cc(O)c(-c2ccc(OCc3ccccc3)c(O)c2)c1OC. The molecule has 4 aromatic rings. The number of phenolic OH excluding ortho intramolecular Hbond substituents is 3. The van der Waals surface area contributed by atoms with Crippen molar-refractivity contribution in [3.05, 3.63) is 84.4 Å². The number of rotatable bonds is 7. The van der Waals surface area contributed by atoms with E-state index in [0.717, 1.165) is 11.1 Å². The molecule has 6 heteroatoms. The molecule has 33 heavy (non-hydrogen) atoms. The van der Waals surface area contributed by atoms with Crippen molar-refractivity contribution >= 4 is 0 Å². The number of phenols is 3. The van der Waals surface area contributed by atoms with Crippen LogP contribution in [0.5, 0.6) is 34.5 Å². The molecule has 3 N–H and O–H groups in total. The molecule has 0 heterocycles. The first kappa shape index (κ1) is 21.9. The predicted octanol–water partition coefficient (Wildman–Crippen LogP) is 5.73. The quantitative estimate of drug-likeness (QED) is 0.337. The Morgan fingerprint density at radius 3 is 1.97 bits per heavy atom. The fraction of sp³-hybridized carbons (Fsp3) is 0.111. The van der Waals surface area contributed by atoms with Gasteiger partial charge < -0.3 is 29.5 Å². The van der Waals surface area contributed by atoms with Crippen molar-refractivity contribution < 1.29 is 29.5 Å². The van der Waals surface area contributed by atoms with Gasteiger partial charge >= 0.3 is 0 Å². The van der Waals surface area contributed by atoms with E-state index >= 15 is 0 Å². The molecule has 6 nitrogen and oxygen atoms in total. The van der Waals surface area contributed by atoms with Crippen LogP contribution in [0.4, 0.5) is 0 Å². The van der Waals surface area contributed by atoms with Gasteiger partial charge in [-0.25, -0.2) is 0 Å². The summed E-state index contributed by atoms with van der Waals surface area (Å²) in [5, 5.41) is 31.1. The van der Waals surface area contributed by atoms with E-state index in [1.807, 2.05) is 30.3 Å². The van der Waals surface area contributed by atoms with Gasteiger partial charge in [0, 0.05) is 5.56 Å². The Morgan fingerprint density at radius 1 is 0.667 bits per heavy atom. The summed E-state index contributed by atoms with van der Waals surface area (Å²) in [4.78, 5) is 0. The van der Waals surface area contributed by atoms with Crippen LogP contribution in [0.25, 0.3) is 22.3 Å². The number of methoxy groups -OCH3 is 2. The lowest BCUT2D eigenvalue weighted by Crippen LogP contribution is -1.98. The van der Waals surface area contributed by atoms with E-state index < -0.39 is 0 Å². The summed E-state index contributed by atoms with van der Waals surface area (Å²) >= 11 is 0. The van der Waals surface area contributed by atoms with Crippen LogP contribution in [0.3, 0.4) is 0 Å². The fourth-order valence-corrected chi connectivity index (χ4v) is 3.69. The molecule has 0 unspecified atom stereocenters. The average Bonchev–Trinajstić information content (AvgIpc) is 2.83. The van der Waals surface area contributed by atoms with E-state index in [1.165, 1.54) is 20.3 Å². The highest BCUT2D eigenvalue weighted by atomic mass is 16.5. The van der Waals surface area contributed by atoms with Gasteiger partial charge in [-0.1, -0.05) is 48.5 Å². The van der Waals surface area contributed by atoms with Crippen molar-refractivity contribution in [3.8, 4) is 56.8 Å². The number of aromatic hydroxyl groups is 3. The molecule has 0 amide bonds. The highest BCUT2D eigenvalue weighted by molar-refractivity contribution is 5.88. The smallest absolute Gasteiger partial charge is 0.172 e. The summed E-state index contributed by atoms with van der Waals surface area (Å²) < 4.78 is 17.0. The van der Waals surface area contributed by atoms with Crippen LogP contribution in [-0.4, -0.2) is 29.5 Å². The summed E-state index contributed by atoms with van der Waals surface area (Å²) in [5.41, 5.74) is 3.22. The molecule has 0 radical (unpaired) electrons. The summed E-state index contributed by atoms with van der Waals surface area (Å²) in [6.07, 6.45) is 0. The van der Waals surface area contributed by atoms with Crippen molar-refractivity contribution in [3.63, 3.8) is 0 Å². The Morgan fingerprint density at radius 2 is 1.33 bits per heavy atom. The Labute approximate surface area is 191 Å². The van der Waals surface area contributed by atoms with Gasteiger partial charge in [-0.05, 0) is 47.0 Å². The Hall–Kier alpha value is -4.32. The van der Waals surface area contributed by atoms with E-state index in [1.54, 1.807) is 42.5 Å². The predicted molar refractivity (Wildman–Crippen MR) is 126 cm³/mol. The molecule has 168 valence electrons. The van der Waals surface area contributed by atoms with Crippen molar-refractivity contribution in [2.24, 2.45) is 0 Å². The fourth-order valence-electron chi connectivity index (χ4n) is 3.69. The monoisotopic (exact) mass is 444 g/mol. The zero-order valence-electron chi connectivity index (χ0n) is 18.3. The Kier molecular flexibility index (Phi) is 6.26. The topological polar surface area (TPSA) is 88.4 Å². The van der Waals surface area contributed by atoms with Gasteiger partial charge in [-0.2, -0.15) is 0 Å². The lowest BCUT2D eigenvalue weighted by molar-refractivity contribution is 0.289. The molecule has 0 atom stereocenters. The first-order chi connectivity index (χ1) is 16.0. The summed E-state index contributed by atoms with van der Waals surface area (Å²) in [5.74, 6) is 1.08. The molecule has 0 bridgehead atoms. The van der Waals surface area contributed by atoms with Crippen LogP contribution in [0.15, 0.2) is 78.9 Å². The lowest BCUT2D eigenvalue weighted by atomic mass is 9.96. The molecular formula is C27H24O6. The number of hydrogen-bond acceptors (Lipinski definition) is 6. The van der Waals surface area contributed by atoms with Crippen LogP contribution in [-0.2, 0) is 6.61 Å². The molecule has 0 saturated carbocycles. The van der Waals surface area contributed by atoms with Crippen molar-refractivity contribution in [2.45, 2.75) is 6.61 Å². The third-order valence-corrected chi connectivity index (χ3v) is 5.29. The number of benzene rings is 4. The van der Waals surface area contributed by atoms with E-state index in [4.69, 9.17) is 14.2 Å². The second-order valence-electron chi connectivity index (χ2n) is 7.39. The first-order valence-corrected chi connectivity index (χ1v) is 10.3. The summed E-state index contributed by atoms with van der Waals surface area (Å²) in [6, 6.07) is 22.7. The first-order valence-electron chi connectivity index (χ1n) is 10.3. The van der Waals surface area contributed by atoms with Crippen LogP contribution in [0.1, 0.15) is 5.56 Å². The zero-order chi connectivity index (χ0) is 23.4. The number of hydrogen-bond donors (Lipinski definition) is 3. The van der Waals surface area contributed by atoms with Gasteiger partial charge in [0.1, 0.15) is 18.1 Å². The molecule has 0 saturated heterocycles. The van der Waals surface area contributed by atoms with Crippen LogP contribution >= 0.6 is 0 Å². The molecule has 4 aromatic carbocycles. The van der Waals surface area contributed by atoms with E-state index in [-0.39, 0.29) is 17.2 Å². The van der Waals surface area contributed by atoms with Crippen molar-refractivity contribution in [1.29, 1.82) is 0 Å². The van der Waals surface area contributed by atoms with Gasteiger partial charge in [-0.15, -0.1) is 0 Å². The summed E-state index contributed by atoms with van der Waals surface area (Å²) in [7, 11) is 3.00. The zero-order valence-corrected chi connectivity index (χ0v) is 18.3. The summed E-state index contributed by atoms with van der Waals surface area (Å²) in [6.45, 7) is 0.317. The molecular weight excluding hydrogens is 420 g/mol. The lowest BCUT2D eigenvalue weighted by Gasteiger charge is -2.19. The van der Waals surface area contributed by atoms with Gasteiger partial charge in [0.25, 0.3) is 0 Å². The normalized spacial score (nSPS) is 10.6. The molecule has 0 aliphatic carbocycles. The third-order valence-electron chi connectivity index (χ3n) is 5.29. The largest absolute Gasteiger partial charge is 0.508 e. The van der Waals surface area contributed by atoms with E-state index in [9.17, 15) is 15.3 Å². The maximum absolute atomic E-state index is 10.9. The third kappa shape index (κ3) is 4.50. The number of ether oxygens (including phenoxy) is 3. The van der Waals surface area contributed by atoms with Gasteiger partial charge in [-0.3, -0.25) is 0 Å². The van der Waals surface area contributed by atoms with Crippen LogP contribution in [0.2, 0.25) is 0 Å². The maximum atomic E-state index is 10.9. The van der Waals surface area contributed by atoms with E-state index in [2.05, 4.69) is 0 Å². The highest BCUT2D eigenvalue weighted by Crippen LogP contribution is 2.50. The second-order valence-corrected chi connectivity index (χ2v) is 7.39. The molecule has 4 rings (SSSR count). The minimum Gasteiger partial charge on any atom is -0.508 e. The molecule has 0 fully saturated rings. The average molecular weight is 444 g/mol. The standard InChI is InChI=1S/C27H24O6/c1-31-26-21(18-8-11-20(28)12-9-18)15-23(30)25(27(26)32-2)19-10-13-24(22(29)14-19)33-16-17-6-4-3-5-7-17/h3-15,28-30H,16H2,1-2H3. The van der Waals surface area contributed by atoms with Crippen molar-refractivity contribution in [1.82, 2.24) is 0 Å². The van der Waals surface area contributed by atoms with Gasteiger partial charge in [0.15, 0.2) is 23.0 Å². The molecule has 0 aliphatic heterocycles. The van der Waals surface area contributed by atoms with Crippen LogP contribution in [0, 0.1) is 0 Å². The van der Waals surface area contributed by atoms with Crippen LogP contribution < -0.4 is 14.2 Å². The Bertz CT molecular complexity index is 1250. The highest BCUT2D eigenvalue weighted by Gasteiger charge is 2.23. The van der Waals surface area contributed by atoms with Crippen molar-refractivity contribution in [2.75, 3.05) is 14.2 Å². The Balaban J connectivity index is 1.72. The molecule has 0 aromatic heterocycles. The van der Waals surface area contributed by atoms with E-state index in [0.29, 0.717) is 40.5 Å². The molecule has 0 aliphatic rings. The van der Waals surface area contributed by atoms with Gasteiger partial charge in [0.05, 0.1) is 19.8 Å². The molecule has 0 spiro atoms. The minimum absolute atomic E-state index is 0.0481.